The van der Waals surface area contributed by atoms with Crippen molar-refractivity contribution in [2.24, 2.45) is 0 Å². The average molecular weight is 481 g/mol. The Morgan fingerprint density at radius 2 is 0.906 bits per heavy atom. The largest absolute Gasteiger partial charge is 0.274 e. The van der Waals surface area contributed by atoms with Crippen LogP contribution in [0.2, 0.25) is 0 Å². The number of amides is 2. The predicted molar refractivity (Wildman–Crippen MR) is 121 cm³/mol. The summed E-state index contributed by atoms with van der Waals surface area (Å²) in [5.74, 6) is -1.38. The predicted octanol–water partition coefficient (Wildman–Crippen LogP) is 2.86. The first-order chi connectivity index (χ1) is 14.9. The van der Waals surface area contributed by atoms with Gasteiger partial charge in [0.05, 0.1) is 22.9 Å². The molecule has 0 aliphatic heterocycles. The van der Waals surface area contributed by atoms with E-state index in [1.165, 1.54) is 38.1 Å². The van der Waals surface area contributed by atoms with Gasteiger partial charge in [0.25, 0.3) is 20.0 Å². The molecule has 0 saturated carbocycles. The van der Waals surface area contributed by atoms with Crippen molar-refractivity contribution < 1.29 is 26.4 Å². The highest BCUT2D eigenvalue weighted by Crippen LogP contribution is 2.21. The Morgan fingerprint density at radius 3 is 1.16 bits per heavy atom. The number of hydrogen-bond acceptors (Lipinski definition) is 6. The molecule has 2 aromatic rings. The molecule has 0 N–H and O–H groups in total. The van der Waals surface area contributed by atoms with Crippen LogP contribution >= 0.6 is 0 Å². The molecule has 0 heterocycles. The van der Waals surface area contributed by atoms with Crippen LogP contribution in [-0.2, 0) is 29.6 Å². The number of rotatable bonds is 9. The summed E-state index contributed by atoms with van der Waals surface area (Å²) in [6.07, 6.45) is -0.199. The standard InChI is InChI=1S/C22H28N2O6S2/c1-5-21(25)23(31(27,28)19-11-7-17(3)8-12-19)15-16-24(22(26)6-2)32(29,30)20-13-9-18(4)10-14-20/h7-14H,5-6,15-16H2,1-4H3. The molecular formula is C22H28N2O6S2. The van der Waals surface area contributed by atoms with Crippen LogP contribution in [0.5, 0.6) is 0 Å². The molecule has 2 rings (SSSR count). The van der Waals surface area contributed by atoms with Crippen molar-refractivity contribution in [3.05, 3.63) is 59.7 Å². The third kappa shape index (κ3) is 5.55. The van der Waals surface area contributed by atoms with Gasteiger partial charge in [-0.15, -0.1) is 0 Å². The molecule has 10 heteroatoms. The highest BCUT2D eigenvalue weighted by atomic mass is 32.2. The topological polar surface area (TPSA) is 109 Å². The first kappa shape index (κ1) is 25.5. The molecule has 0 spiro atoms. The number of carbonyl (C=O) groups is 2. The lowest BCUT2D eigenvalue weighted by atomic mass is 10.2. The minimum Gasteiger partial charge on any atom is -0.274 e. The fraction of sp³-hybridized carbons (Fsp3) is 0.364. The van der Waals surface area contributed by atoms with Crippen LogP contribution in [0.4, 0.5) is 0 Å². The van der Waals surface area contributed by atoms with Crippen molar-refractivity contribution in [2.75, 3.05) is 13.1 Å². The molecule has 0 aliphatic carbocycles. The van der Waals surface area contributed by atoms with Crippen molar-refractivity contribution >= 4 is 31.9 Å². The summed E-state index contributed by atoms with van der Waals surface area (Å²) in [5, 5.41) is 0. The molecule has 0 radical (unpaired) electrons. The van der Waals surface area contributed by atoms with E-state index in [2.05, 4.69) is 0 Å². The summed E-state index contributed by atoms with van der Waals surface area (Å²) in [4.78, 5) is 24.8. The fourth-order valence-electron chi connectivity index (χ4n) is 2.97. The zero-order chi connectivity index (χ0) is 24.1. The van der Waals surface area contributed by atoms with Gasteiger partial charge < -0.3 is 0 Å². The van der Waals surface area contributed by atoms with E-state index >= 15 is 0 Å². The molecule has 0 unspecified atom stereocenters. The van der Waals surface area contributed by atoms with E-state index in [0.29, 0.717) is 8.61 Å². The van der Waals surface area contributed by atoms with Gasteiger partial charge >= 0.3 is 0 Å². The summed E-state index contributed by atoms with van der Waals surface area (Å²) < 4.78 is 53.7. The Labute approximate surface area is 190 Å². The van der Waals surface area contributed by atoms with Gasteiger partial charge in [-0.2, -0.15) is 0 Å². The summed E-state index contributed by atoms with van der Waals surface area (Å²) in [5.41, 5.74) is 1.70. The zero-order valence-electron chi connectivity index (χ0n) is 18.6. The monoisotopic (exact) mass is 480 g/mol. The second-order valence-corrected chi connectivity index (χ2v) is 11.0. The molecule has 0 saturated heterocycles. The number of nitrogens with zero attached hydrogens (tertiary/aromatic N) is 2. The molecule has 8 nitrogen and oxygen atoms in total. The normalized spacial score (nSPS) is 11.8. The summed E-state index contributed by atoms with van der Waals surface area (Å²) in [6.45, 7) is 5.65. The molecule has 0 fully saturated rings. The SMILES string of the molecule is CCC(=O)N(CCN(C(=O)CC)S(=O)(=O)c1ccc(C)cc1)S(=O)(=O)c1ccc(C)cc1. The minimum absolute atomic E-state index is 0.0836. The highest BCUT2D eigenvalue weighted by molar-refractivity contribution is 7.90. The van der Waals surface area contributed by atoms with Crippen LogP contribution in [0.25, 0.3) is 0 Å². The number of carbonyl (C=O) groups excluding carboxylic acids is 2. The zero-order valence-corrected chi connectivity index (χ0v) is 20.2. The molecule has 2 amide bonds. The van der Waals surface area contributed by atoms with Crippen LogP contribution in [0.3, 0.4) is 0 Å². The summed E-state index contributed by atoms with van der Waals surface area (Å²) in [6, 6.07) is 12.0. The van der Waals surface area contributed by atoms with Gasteiger partial charge in [0, 0.05) is 12.8 Å². The summed E-state index contributed by atoms with van der Waals surface area (Å²) >= 11 is 0. The Balaban J connectivity index is 2.41. The van der Waals surface area contributed by atoms with Crippen molar-refractivity contribution in [1.82, 2.24) is 8.61 Å². The van der Waals surface area contributed by atoms with Crippen LogP contribution in [0, 0.1) is 13.8 Å². The lowest BCUT2D eigenvalue weighted by Crippen LogP contribution is -2.45. The molecule has 2 aromatic carbocycles. The van der Waals surface area contributed by atoms with Crippen molar-refractivity contribution in [3.63, 3.8) is 0 Å². The number of aryl methyl sites for hydroxylation is 2. The molecule has 32 heavy (non-hydrogen) atoms. The maximum atomic E-state index is 13.1. The van der Waals surface area contributed by atoms with Crippen LogP contribution in [0.15, 0.2) is 58.3 Å². The highest BCUT2D eigenvalue weighted by Gasteiger charge is 2.33. The van der Waals surface area contributed by atoms with Gasteiger partial charge in [0.2, 0.25) is 11.8 Å². The van der Waals surface area contributed by atoms with E-state index in [0.717, 1.165) is 11.1 Å². The van der Waals surface area contributed by atoms with E-state index < -0.39 is 45.0 Å². The van der Waals surface area contributed by atoms with Gasteiger partial charge in [-0.3, -0.25) is 9.59 Å². The lowest BCUT2D eigenvalue weighted by Gasteiger charge is -2.27. The van der Waals surface area contributed by atoms with Gasteiger partial charge in [0.1, 0.15) is 0 Å². The van der Waals surface area contributed by atoms with Gasteiger partial charge in [-0.25, -0.2) is 25.4 Å². The third-order valence-electron chi connectivity index (χ3n) is 4.89. The van der Waals surface area contributed by atoms with Crippen molar-refractivity contribution in [3.8, 4) is 0 Å². The van der Waals surface area contributed by atoms with Gasteiger partial charge in [-0.05, 0) is 38.1 Å². The molecule has 0 aliphatic rings. The number of sulfonamides is 2. The van der Waals surface area contributed by atoms with E-state index in [1.807, 2.05) is 0 Å². The van der Waals surface area contributed by atoms with Gasteiger partial charge in [0.15, 0.2) is 0 Å². The second-order valence-electron chi connectivity index (χ2n) is 7.28. The second kappa shape index (κ2) is 10.3. The van der Waals surface area contributed by atoms with Crippen LogP contribution in [-0.4, -0.2) is 50.3 Å². The minimum atomic E-state index is -4.22. The average Bonchev–Trinajstić information content (AvgIpc) is 2.76. The van der Waals surface area contributed by atoms with E-state index in [9.17, 15) is 26.4 Å². The Hall–Kier alpha value is -2.72. The molecule has 0 bridgehead atoms. The third-order valence-corrected chi connectivity index (χ3v) is 8.55. The Kier molecular flexibility index (Phi) is 8.19. The Morgan fingerprint density at radius 1 is 0.625 bits per heavy atom. The lowest BCUT2D eigenvalue weighted by molar-refractivity contribution is -0.129. The molecule has 0 aromatic heterocycles. The summed E-state index contributed by atoms with van der Waals surface area (Å²) in [7, 11) is -8.44. The maximum absolute atomic E-state index is 13.1. The van der Waals surface area contributed by atoms with E-state index in [-0.39, 0.29) is 22.6 Å². The fourth-order valence-corrected chi connectivity index (χ4v) is 5.87. The van der Waals surface area contributed by atoms with Gasteiger partial charge in [-0.1, -0.05) is 49.2 Å². The first-order valence-corrected chi connectivity index (χ1v) is 13.1. The van der Waals surface area contributed by atoms with E-state index in [4.69, 9.17) is 0 Å². The molecule has 0 atom stereocenters. The number of benzene rings is 2. The van der Waals surface area contributed by atoms with Crippen LogP contribution in [0.1, 0.15) is 37.8 Å². The Bertz CT molecular complexity index is 1080. The quantitative estimate of drug-likeness (QED) is 0.546. The molecular weight excluding hydrogens is 452 g/mol. The smallest absolute Gasteiger partial charge is 0.266 e. The molecule has 174 valence electrons. The maximum Gasteiger partial charge on any atom is 0.266 e. The number of hydrogen-bond donors (Lipinski definition) is 0. The van der Waals surface area contributed by atoms with Crippen LogP contribution < -0.4 is 0 Å². The first-order valence-electron chi connectivity index (χ1n) is 10.2. The van der Waals surface area contributed by atoms with Crippen molar-refractivity contribution in [2.45, 2.75) is 50.3 Å². The van der Waals surface area contributed by atoms with Crippen molar-refractivity contribution in [1.29, 1.82) is 0 Å². The van der Waals surface area contributed by atoms with E-state index in [1.54, 1.807) is 38.1 Å².